The Balaban J connectivity index is 2.21. The molecule has 0 unspecified atom stereocenters. The van der Waals surface area contributed by atoms with E-state index in [1.165, 1.54) is 18.2 Å². The summed E-state index contributed by atoms with van der Waals surface area (Å²) in [6.45, 7) is 0.818. The van der Waals surface area contributed by atoms with Crippen LogP contribution < -0.4 is 0 Å². The van der Waals surface area contributed by atoms with Gasteiger partial charge in [-0.15, -0.1) is 6.42 Å². The average Bonchev–Trinajstić information content (AvgIpc) is 3.21. The molecule has 0 heterocycles. The quantitative estimate of drug-likeness (QED) is 0.476. The predicted molar refractivity (Wildman–Crippen MR) is 75.6 cm³/mol. The van der Waals surface area contributed by atoms with Crippen LogP contribution in [0.25, 0.3) is 0 Å². The SMILES string of the molecule is C#CCN(CC1CC1)C(=O)c1ccc([N+](=O)[O-])cc1Cl. The second-order valence-electron chi connectivity index (χ2n) is 4.75. The van der Waals surface area contributed by atoms with Crippen molar-refractivity contribution in [1.29, 1.82) is 0 Å². The fourth-order valence-corrected chi connectivity index (χ4v) is 2.16. The van der Waals surface area contributed by atoms with Gasteiger partial charge >= 0.3 is 0 Å². The fourth-order valence-electron chi connectivity index (χ4n) is 1.90. The third-order valence-corrected chi connectivity index (χ3v) is 3.45. The lowest BCUT2D eigenvalue weighted by molar-refractivity contribution is -0.384. The molecule has 1 aliphatic rings. The summed E-state index contributed by atoms with van der Waals surface area (Å²) in [6.07, 6.45) is 7.48. The molecule has 5 nitrogen and oxygen atoms in total. The van der Waals surface area contributed by atoms with E-state index in [1.807, 2.05) is 0 Å². The second kappa shape index (κ2) is 5.93. The summed E-state index contributed by atoms with van der Waals surface area (Å²) in [6, 6.07) is 3.82. The molecule has 1 saturated carbocycles. The Morgan fingerprint density at radius 2 is 2.25 bits per heavy atom. The number of carbonyl (C=O) groups is 1. The molecule has 1 aromatic rings. The van der Waals surface area contributed by atoms with Gasteiger partial charge in [-0.1, -0.05) is 17.5 Å². The van der Waals surface area contributed by atoms with Crippen molar-refractivity contribution in [3.63, 3.8) is 0 Å². The molecule has 0 radical (unpaired) electrons. The molecular weight excluding hydrogens is 280 g/mol. The molecular formula is C14H13ClN2O3. The number of nitro benzene ring substituents is 1. The van der Waals surface area contributed by atoms with Crippen molar-refractivity contribution in [2.75, 3.05) is 13.1 Å². The molecule has 1 aliphatic carbocycles. The highest BCUT2D eigenvalue weighted by Crippen LogP contribution is 2.31. The van der Waals surface area contributed by atoms with Gasteiger partial charge in [0.2, 0.25) is 0 Å². The normalized spacial score (nSPS) is 13.6. The summed E-state index contributed by atoms with van der Waals surface area (Å²) in [4.78, 5) is 24.0. The standard InChI is InChI=1S/C14H13ClN2O3/c1-2-7-16(9-10-3-4-10)14(18)12-6-5-11(17(19)20)8-13(12)15/h1,5-6,8,10H,3-4,7,9H2. The van der Waals surface area contributed by atoms with E-state index in [2.05, 4.69) is 5.92 Å². The minimum Gasteiger partial charge on any atom is -0.327 e. The van der Waals surface area contributed by atoms with Crippen LogP contribution in [0.5, 0.6) is 0 Å². The zero-order valence-electron chi connectivity index (χ0n) is 10.7. The fraction of sp³-hybridized carbons (Fsp3) is 0.357. The van der Waals surface area contributed by atoms with Gasteiger partial charge in [0.05, 0.1) is 22.1 Å². The van der Waals surface area contributed by atoms with Crippen molar-refractivity contribution >= 4 is 23.2 Å². The molecule has 2 rings (SSSR count). The van der Waals surface area contributed by atoms with Gasteiger partial charge in [0.1, 0.15) is 0 Å². The first-order valence-electron chi connectivity index (χ1n) is 6.19. The van der Waals surface area contributed by atoms with Gasteiger partial charge in [-0.05, 0) is 24.8 Å². The lowest BCUT2D eigenvalue weighted by Gasteiger charge is -2.20. The van der Waals surface area contributed by atoms with E-state index >= 15 is 0 Å². The van der Waals surface area contributed by atoms with Gasteiger partial charge in [-0.3, -0.25) is 14.9 Å². The molecule has 20 heavy (non-hydrogen) atoms. The molecule has 1 aromatic carbocycles. The molecule has 0 N–H and O–H groups in total. The van der Waals surface area contributed by atoms with Crippen LogP contribution in [-0.4, -0.2) is 28.8 Å². The van der Waals surface area contributed by atoms with Crippen molar-refractivity contribution in [3.8, 4) is 12.3 Å². The smallest absolute Gasteiger partial charge is 0.270 e. The van der Waals surface area contributed by atoms with E-state index in [9.17, 15) is 14.9 Å². The predicted octanol–water partition coefficient (Wildman–Crippen LogP) is 2.73. The molecule has 6 heteroatoms. The lowest BCUT2D eigenvalue weighted by atomic mass is 10.1. The summed E-state index contributed by atoms with van der Waals surface area (Å²) in [7, 11) is 0. The van der Waals surface area contributed by atoms with E-state index in [1.54, 1.807) is 4.90 Å². The van der Waals surface area contributed by atoms with Crippen LogP contribution in [-0.2, 0) is 0 Å². The van der Waals surface area contributed by atoms with Crippen molar-refractivity contribution in [1.82, 2.24) is 4.90 Å². The van der Waals surface area contributed by atoms with Gasteiger partial charge < -0.3 is 4.90 Å². The van der Waals surface area contributed by atoms with Crippen LogP contribution in [0, 0.1) is 28.4 Å². The Labute approximate surface area is 121 Å². The Morgan fingerprint density at radius 1 is 1.55 bits per heavy atom. The largest absolute Gasteiger partial charge is 0.327 e. The first-order chi connectivity index (χ1) is 9.52. The minimum atomic E-state index is -0.552. The topological polar surface area (TPSA) is 63.5 Å². The van der Waals surface area contributed by atoms with Crippen molar-refractivity contribution < 1.29 is 9.72 Å². The number of carbonyl (C=O) groups excluding carboxylic acids is 1. The Bertz CT molecular complexity index is 591. The maximum Gasteiger partial charge on any atom is 0.270 e. The van der Waals surface area contributed by atoms with Crippen LogP contribution in [0.2, 0.25) is 5.02 Å². The van der Waals surface area contributed by atoms with Gasteiger partial charge in [-0.2, -0.15) is 0 Å². The maximum atomic E-state index is 12.4. The number of nitro groups is 1. The third kappa shape index (κ3) is 3.28. The number of terminal acetylenes is 1. The van der Waals surface area contributed by atoms with Crippen molar-refractivity contribution in [2.24, 2.45) is 5.92 Å². The molecule has 0 saturated heterocycles. The molecule has 0 aromatic heterocycles. The Morgan fingerprint density at radius 3 is 2.75 bits per heavy atom. The summed E-state index contributed by atoms with van der Waals surface area (Å²) in [5.74, 6) is 2.68. The number of amides is 1. The molecule has 0 aliphatic heterocycles. The number of non-ortho nitro benzene ring substituents is 1. The van der Waals surface area contributed by atoms with E-state index in [0.717, 1.165) is 12.8 Å². The first-order valence-corrected chi connectivity index (χ1v) is 6.57. The van der Waals surface area contributed by atoms with Crippen LogP contribution in [0.15, 0.2) is 18.2 Å². The van der Waals surface area contributed by atoms with Gasteiger partial charge in [-0.25, -0.2) is 0 Å². The summed E-state index contributed by atoms with van der Waals surface area (Å²) < 4.78 is 0. The Hall–Kier alpha value is -2.06. The molecule has 0 bridgehead atoms. The van der Waals surface area contributed by atoms with Crippen molar-refractivity contribution in [3.05, 3.63) is 38.9 Å². The van der Waals surface area contributed by atoms with E-state index in [0.29, 0.717) is 12.5 Å². The number of hydrogen-bond donors (Lipinski definition) is 0. The van der Waals surface area contributed by atoms with Crippen LogP contribution in [0.1, 0.15) is 23.2 Å². The van der Waals surface area contributed by atoms with Gasteiger partial charge in [0.25, 0.3) is 11.6 Å². The second-order valence-corrected chi connectivity index (χ2v) is 5.16. The summed E-state index contributed by atoms with van der Waals surface area (Å²) >= 11 is 5.96. The monoisotopic (exact) mass is 292 g/mol. The first kappa shape index (κ1) is 14.4. The number of hydrogen-bond acceptors (Lipinski definition) is 3. The summed E-state index contributed by atoms with van der Waals surface area (Å²) in [5.41, 5.74) is 0.102. The van der Waals surface area contributed by atoms with Crippen LogP contribution in [0.4, 0.5) is 5.69 Å². The third-order valence-electron chi connectivity index (χ3n) is 3.14. The zero-order valence-corrected chi connectivity index (χ0v) is 11.5. The minimum absolute atomic E-state index is 0.0713. The summed E-state index contributed by atoms with van der Waals surface area (Å²) in [5, 5.41) is 10.7. The highest BCUT2D eigenvalue weighted by molar-refractivity contribution is 6.34. The average molecular weight is 293 g/mol. The van der Waals surface area contributed by atoms with E-state index in [-0.39, 0.29) is 28.7 Å². The highest BCUT2D eigenvalue weighted by atomic mass is 35.5. The zero-order chi connectivity index (χ0) is 14.7. The number of halogens is 1. The van der Waals surface area contributed by atoms with E-state index < -0.39 is 4.92 Å². The van der Waals surface area contributed by atoms with Crippen LogP contribution in [0.3, 0.4) is 0 Å². The maximum absolute atomic E-state index is 12.4. The lowest BCUT2D eigenvalue weighted by Crippen LogP contribution is -2.33. The van der Waals surface area contributed by atoms with Gasteiger partial charge in [0, 0.05) is 18.7 Å². The highest BCUT2D eigenvalue weighted by Gasteiger charge is 2.28. The number of benzene rings is 1. The molecule has 0 spiro atoms. The van der Waals surface area contributed by atoms with E-state index in [4.69, 9.17) is 18.0 Å². The van der Waals surface area contributed by atoms with Crippen molar-refractivity contribution in [2.45, 2.75) is 12.8 Å². The molecule has 1 amide bonds. The van der Waals surface area contributed by atoms with Gasteiger partial charge in [0.15, 0.2) is 0 Å². The molecule has 1 fully saturated rings. The molecule has 104 valence electrons. The number of rotatable bonds is 5. The number of nitrogens with zero attached hydrogens (tertiary/aromatic N) is 2. The van der Waals surface area contributed by atoms with Crippen LogP contribution >= 0.6 is 11.6 Å². The molecule has 0 atom stereocenters. The Kier molecular flexibility index (Phi) is 4.26.